The fraction of sp³-hybridized carbons (Fsp3) is 0.529. The number of rotatable bonds is 9. The zero-order valence-corrected chi connectivity index (χ0v) is 13.1. The topological polar surface area (TPSA) is 30.5 Å². The van der Waals surface area contributed by atoms with Crippen LogP contribution in [-0.4, -0.2) is 19.3 Å². The van der Waals surface area contributed by atoms with E-state index >= 15 is 0 Å². The van der Waals surface area contributed by atoms with Gasteiger partial charge in [-0.25, -0.2) is 0 Å². The molecule has 1 unspecified atom stereocenters. The fourth-order valence-corrected chi connectivity index (χ4v) is 1.78. The molecular formula is C17H27NO2. The third-order valence-corrected chi connectivity index (χ3v) is 2.83. The standard InChI is InChI=1S/C17H27NO2/c1-6-14(5)20-16-9-8-15(10-17(16)19-7-2)12-18-11-13(3)4/h6,8-10,13-14,18H,1,7,11-12H2,2-5H3. The van der Waals surface area contributed by atoms with Crippen molar-refractivity contribution in [3.05, 3.63) is 36.4 Å². The first-order valence-corrected chi connectivity index (χ1v) is 7.32. The Morgan fingerprint density at radius 3 is 2.60 bits per heavy atom. The van der Waals surface area contributed by atoms with E-state index in [-0.39, 0.29) is 6.10 Å². The molecule has 3 heteroatoms. The maximum Gasteiger partial charge on any atom is 0.162 e. The van der Waals surface area contributed by atoms with Crippen LogP contribution in [0.4, 0.5) is 0 Å². The monoisotopic (exact) mass is 277 g/mol. The maximum absolute atomic E-state index is 5.78. The van der Waals surface area contributed by atoms with E-state index in [1.807, 2.05) is 26.0 Å². The molecule has 0 fully saturated rings. The Morgan fingerprint density at radius 2 is 2.00 bits per heavy atom. The summed E-state index contributed by atoms with van der Waals surface area (Å²) in [7, 11) is 0. The Kier molecular flexibility index (Phi) is 7.16. The molecule has 0 saturated carbocycles. The van der Waals surface area contributed by atoms with E-state index < -0.39 is 0 Å². The Labute approximate surface area is 123 Å². The van der Waals surface area contributed by atoms with Crippen molar-refractivity contribution >= 4 is 0 Å². The summed E-state index contributed by atoms with van der Waals surface area (Å²) in [5.74, 6) is 2.22. The van der Waals surface area contributed by atoms with E-state index in [0.29, 0.717) is 12.5 Å². The van der Waals surface area contributed by atoms with Crippen molar-refractivity contribution in [3.63, 3.8) is 0 Å². The summed E-state index contributed by atoms with van der Waals surface area (Å²) in [6.45, 7) is 14.5. The highest BCUT2D eigenvalue weighted by Gasteiger charge is 2.08. The van der Waals surface area contributed by atoms with Crippen LogP contribution in [0.3, 0.4) is 0 Å². The summed E-state index contributed by atoms with van der Waals surface area (Å²) in [5, 5.41) is 3.43. The molecule has 20 heavy (non-hydrogen) atoms. The van der Waals surface area contributed by atoms with E-state index in [1.54, 1.807) is 6.08 Å². The molecule has 1 aromatic carbocycles. The molecule has 0 saturated heterocycles. The average Bonchev–Trinajstić information content (AvgIpc) is 2.41. The third-order valence-electron chi connectivity index (χ3n) is 2.83. The normalized spacial score (nSPS) is 12.2. The van der Waals surface area contributed by atoms with Gasteiger partial charge in [0.1, 0.15) is 6.10 Å². The molecule has 0 spiro atoms. The van der Waals surface area contributed by atoms with E-state index in [9.17, 15) is 0 Å². The van der Waals surface area contributed by atoms with E-state index in [4.69, 9.17) is 9.47 Å². The van der Waals surface area contributed by atoms with Crippen LogP contribution >= 0.6 is 0 Å². The van der Waals surface area contributed by atoms with Gasteiger partial charge in [0.05, 0.1) is 6.61 Å². The Morgan fingerprint density at radius 1 is 1.25 bits per heavy atom. The van der Waals surface area contributed by atoms with Crippen LogP contribution in [0.1, 0.15) is 33.3 Å². The average molecular weight is 277 g/mol. The van der Waals surface area contributed by atoms with Crippen LogP contribution in [0.25, 0.3) is 0 Å². The van der Waals surface area contributed by atoms with Gasteiger partial charge in [-0.3, -0.25) is 0 Å². The van der Waals surface area contributed by atoms with Crippen molar-refractivity contribution in [1.29, 1.82) is 0 Å². The van der Waals surface area contributed by atoms with Crippen LogP contribution in [0.5, 0.6) is 11.5 Å². The second-order valence-electron chi connectivity index (χ2n) is 5.30. The number of ether oxygens (including phenoxy) is 2. The lowest BCUT2D eigenvalue weighted by molar-refractivity contribution is 0.245. The van der Waals surface area contributed by atoms with Gasteiger partial charge in [-0.15, -0.1) is 0 Å². The quantitative estimate of drug-likeness (QED) is 0.697. The first-order chi connectivity index (χ1) is 9.56. The van der Waals surface area contributed by atoms with Gasteiger partial charge in [0.15, 0.2) is 11.5 Å². The van der Waals surface area contributed by atoms with Crippen molar-refractivity contribution in [3.8, 4) is 11.5 Å². The van der Waals surface area contributed by atoms with Gasteiger partial charge in [0.2, 0.25) is 0 Å². The minimum absolute atomic E-state index is 0.0286. The van der Waals surface area contributed by atoms with Crippen LogP contribution in [0.15, 0.2) is 30.9 Å². The highest BCUT2D eigenvalue weighted by molar-refractivity contribution is 5.43. The molecule has 0 aliphatic rings. The zero-order valence-electron chi connectivity index (χ0n) is 13.1. The SMILES string of the molecule is C=CC(C)Oc1ccc(CNCC(C)C)cc1OCC. The molecule has 0 aromatic heterocycles. The summed E-state index contributed by atoms with van der Waals surface area (Å²) in [6.07, 6.45) is 1.74. The van der Waals surface area contributed by atoms with Crippen molar-refractivity contribution in [2.75, 3.05) is 13.2 Å². The predicted molar refractivity (Wildman–Crippen MR) is 84.4 cm³/mol. The van der Waals surface area contributed by atoms with Gasteiger partial charge >= 0.3 is 0 Å². The van der Waals surface area contributed by atoms with Crippen molar-refractivity contribution < 1.29 is 9.47 Å². The van der Waals surface area contributed by atoms with Gasteiger partial charge in [0.25, 0.3) is 0 Å². The van der Waals surface area contributed by atoms with Gasteiger partial charge < -0.3 is 14.8 Å². The van der Waals surface area contributed by atoms with Crippen molar-refractivity contribution in [2.24, 2.45) is 5.92 Å². The Hall–Kier alpha value is -1.48. The highest BCUT2D eigenvalue weighted by Crippen LogP contribution is 2.29. The summed E-state index contributed by atoms with van der Waals surface area (Å²) in [4.78, 5) is 0. The molecule has 0 aliphatic carbocycles. The smallest absolute Gasteiger partial charge is 0.162 e. The molecule has 1 aromatic rings. The summed E-state index contributed by atoms with van der Waals surface area (Å²) in [6, 6.07) is 6.08. The molecule has 0 aliphatic heterocycles. The van der Waals surface area contributed by atoms with Crippen molar-refractivity contribution in [2.45, 2.75) is 40.3 Å². The minimum Gasteiger partial charge on any atom is -0.490 e. The highest BCUT2D eigenvalue weighted by atomic mass is 16.5. The van der Waals surface area contributed by atoms with E-state index in [1.165, 1.54) is 5.56 Å². The summed E-state index contributed by atoms with van der Waals surface area (Å²) in [5.41, 5.74) is 1.20. The molecule has 0 radical (unpaired) electrons. The summed E-state index contributed by atoms with van der Waals surface area (Å²) >= 11 is 0. The van der Waals surface area contributed by atoms with Crippen LogP contribution in [0, 0.1) is 5.92 Å². The first kappa shape index (κ1) is 16.6. The van der Waals surface area contributed by atoms with E-state index in [0.717, 1.165) is 24.6 Å². The molecule has 1 N–H and O–H groups in total. The third kappa shape index (κ3) is 5.66. The van der Waals surface area contributed by atoms with Crippen LogP contribution in [0.2, 0.25) is 0 Å². The van der Waals surface area contributed by atoms with Gasteiger partial charge in [-0.2, -0.15) is 0 Å². The Bertz CT molecular complexity index is 415. The lowest BCUT2D eigenvalue weighted by Gasteiger charge is -2.16. The second-order valence-corrected chi connectivity index (χ2v) is 5.30. The molecular weight excluding hydrogens is 250 g/mol. The van der Waals surface area contributed by atoms with Crippen LogP contribution in [-0.2, 0) is 6.54 Å². The number of hydrogen-bond donors (Lipinski definition) is 1. The molecule has 0 heterocycles. The lowest BCUT2D eigenvalue weighted by atomic mass is 10.1. The summed E-state index contributed by atoms with van der Waals surface area (Å²) < 4.78 is 11.4. The van der Waals surface area contributed by atoms with Gasteiger partial charge in [0, 0.05) is 6.54 Å². The molecule has 0 bridgehead atoms. The number of benzene rings is 1. The molecule has 3 nitrogen and oxygen atoms in total. The lowest BCUT2D eigenvalue weighted by Crippen LogP contribution is -2.19. The number of nitrogens with one attached hydrogen (secondary N) is 1. The molecule has 0 amide bonds. The largest absolute Gasteiger partial charge is 0.490 e. The maximum atomic E-state index is 5.78. The van der Waals surface area contributed by atoms with Gasteiger partial charge in [-0.05, 0) is 44.0 Å². The van der Waals surface area contributed by atoms with Gasteiger partial charge in [-0.1, -0.05) is 32.6 Å². The molecule has 112 valence electrons. The first-order valence-electron chi connectivity index (χ1n) is 7.32. The zero-order chi connectivity index (χ0) is 15.0. The second kappa shape index (κ2) is 8.64. The number of hydrogen-bond acceptors (Lipinski definition) is 3. The van der Waals surface area contributed by atoms with Crippen LogP contribution < -0.4 is 14.8 Å². The predicted octanol–water partition coefficient (Wildman–Crippen LogP) is 3.78. The van der Waals surface area contributed by atoms with Crippen molar-refractivity contribution in [1.82, 2.24) is 5.32 Å². The molecule has 1 atom stereocenters. The minimum atomic E-state index is -0.0286. The Balaban J connectivity index is 2.75. The fourth-order valence-electron chi connectivity index (χ4n) is 1.78. The molecule has 1 rings (SSSR count). The van der Waals surface area contributed by atoms with E-state index in [2.05, 4.69) is 31.8 Å².